The molecule has 1 aromatic rings. The lowest BCUT2D eigenvalue weighted by molar-refractivity contribution is -0.137. The van der Waals surface area contributed by atoms with Crippen molar-refractivity contribution in [1.29, 1.82) is 0 Å². The molecule has 0 aromatic carbocycles. The normalized spacial score (nSPS) is 22.9. The molecule has 3 saturated heterocycles. The Morgan fingerprint density at radius 1 is 0.941 bits per heavy atom. The molecule has 3 fully saturated rings. The van der Waals surface area contributed by atoms with Crippen LogP contribution in [0.15, 0.2) is 9.32 Å². The van der Waals surface area contributed by atoms with Crippen LogP contribution >= 0.6 is 0 Å². The first-order valence-corrected chi connectivity index (χ1v) is 12.1. The Kier molecular flexibility index (Phi) is 8.40. The van der Waals surface area contributed by atoms with Crippen LogP contribution in [-0.4, -0.2) is 138 Å². The lowest BCUT2D eigenvalue weighted by Gasteiger charge is -2.35. The van der Waals surface area contributed by atoms with Gasteiger partial charge >= 0.3 is 17.8 Å². The third kappa shape index (κ3) is 6.93. The second-order valence-electron chi connectivity index (χ2n) is 9.19. The molecule has 0 saturated carbocycles. The highest BCUT2D eigenvalue weighted by Crippen LogP contribution is 2.15. The number of carboxylic acids is 1. The fourth-order valence-corrected chi connectivity index (χ4v) is 4.82. The minimum absolute atomic E-state index is 0.0979. The van der Waals surface area contributed by atoms with Crippen LogP contribution in [0.25, 0.3) is 0 Å². The van der Waals surface area contributed by atoms with Gasteiger partial charge in [0.15, 0.2) is 0 Å². The number of cyclic esters (lactones) is 1. The first-order chi connectivity index (χ1) is 16.5. The summed E-state index contributed by atoms with van der Waals surface area (Å²) in [7, 11) is 0. The minimum Gasteiger partial charge on any atom is -0.481 e. The molecule has 1 aromatic heterocycles. The zero-order valence-corrected chi connectivity index (χ0v) is 19.6. The summed E-state index contributed by atoms with van der Waals surface area (Å²) >= 11 is 0. The molecule has 0 radical (unpaired) electrons. The van der Waals surface area contributed by atoms with E-state index >= 15 is 0 Å². The first-order valence-electron chi connectivity index (χ1n) is 12.1. The van der Waals surface area contributed by atoms with Crippen LogP contribution in [0, 0.1) is 0 Å². The SMILES string of the molecule is O=C(O)CCCN1CCN(CC2CN(CCCN3CCN(c4noc(=O)[nH]4)CC3)C(=O)O2)CC1. The number of nitrogens with zero attached hydrogens (tertiary/aromatic N) is 6. The van der Waals surface area contributed by atoms with E-state index < -0.39 is 11.7 Å². The predicted octanol–water partition coefficient (Wildman–Crippen LogP) is -0.822. The summed E-state index contributed by atoms with van der Waals surface area (Å²) in [6, 6.07) is 0. The zero-order chi connectivity index (χ0) is 23.9. The predicted molar refractivity (Wildman–Crippen MR) is 122 cm³/mol. The maximum Gasteiger partial charge on any atom is 0.440 e. The van der Waals surface area contributed by atoms with E-state index in [1.807, 2.05) is 9.80 Å². The van der Waals surface area contributed by atoms with Gasteiger partial charge in [-0.05, 0) is 31.1 Å². The Bertz CT molecular complexity index is 860. The third-order valence-corrected chi connectivity index (χ3v) is 6.74. The minimum atomic E-state index is -0.740. The van der Waals surface area contributed by atoms with Crippen LogP contribution in [0.2, 0.25) is 0 Å². The molecule has 1 amide bonds. The van der Waals surface area contributed by atoms with Gasteiger partial charge in [-0.3, -0.25) is 24.1 Å². The fraction of sp³-hybridized carbons (Fsp3) is 0.810. The molecule has 1 unspecified atom stereocenters. The van der Waals surface area contributed by atoms with Crippen LogP contribution in [0.1, 0.15) is 19.3 Å². The lowest BCUT2D eigenvalue weighted by Crippen LogP contribution is -2.49. The summed E-state index contributed by atoms with van der Waals surface area (Å²) in [6.07, 6.45) is 1.46. The smallest absolute Gasteiger partial charge is 0.440 e. The van der Waals surface area contributed by atoms with Gasteiger partial charge < -0.3 is 24.5 Å². The van der Waals surface area contributed by atoms with Gasteiger partial charge in [0.25, 0.3) is 0 Å². The highest BCUT2D eigenvalue weighted by Gasteiger charge is 2.33. The van der Waals surface area contributed by atoms with Crippen molar-refractivity contribution in [3.05, 3.63) is 10.6 Å². The van der Waals surface area contributed by atoms with E-state index in [9.17, 15) is 14.4 Å². The third-order valence-electron chi connectivity index (χ3n) is 6.74. The number of carbonyl (C=O) groups excluding carboxylic acids is 1. The van der Waals surface area contributed by atoms with Crippen molar-refractivity contribution < 1.29 is 24.0 Å². The standard InChI is InChI=1S/C21H35N7O6/c29-18(30)3-1-4-24-7-9-26(10-8-24)15-17-16-28(21(32)33-17)6-2-5-25-11-13-27(14-12-25)19-22-20(31)34-23-19/h17H,1-16H2,(H,29,30)(H,22,23,31). The van der Waals surface area contributed by atoms with Crippen LogP contribution in [0.3, 0.4) is 0 Å². The quantitative estimate of drug-likeness (QED) is 0.410. The molecule has 1 atom stereocenters. The molecule has 34 heavy (non-hydrogen) atoms. The van der Waals surface area contributed by atoms with Crippen molar-refractivity contribution in [2.45, 2.75) is 25.4 Å². The molecule has 0 aliphatic carbocycles. The Morgan fingerprint density at radius 3 is 2.24 bits per heavy atom. The summed E-state index contributed by atoms with van der Waals surface area (Å²) in [4.78, 5) is 47.4. The summed E-state index contributed by atoms with van der Waals surface area (Å²) in [5.41, 5.74) is 0. The van der Waals surface area contributed by atoms with Crippen molar-refractivity contribution in [1.82, 2.24) is 29.7 Å². The highest BCUT2D eigenvalue weighted by atomic mass is 16.6. The lowest BCUT2D eigenvalue weighted by atomic mass is 10.2. The molecule has 4 heterocycles. The van der Waals surface area contributed by atoms with E-state index in [0.29, 0.717) is 25.5 Å². The number of aromatic amines is 1. The van der Waals surface area contributed by atoms with Gasteiger partial charge in [-0.15, -0.1) is 0 Å². The molecule has 13 heteroatoms. The van der Waals surface area contributed by atoms with Gasteiger partial charge in [0, 0.05) is 71.9 Å². The number of aliphatic carboxylic acids is 1. The maximum absolute atomic E-state index is 12.3. The van der Waals surface area contributed by atoms with Crippen LogP contribution < -0.4 is 10.7 Å². The average molecular weight is 482 g/mol. The largest absolute Gasteiger partial charge is 0.481 e. The summed E-state index contributed by atoms with van der Waals surface area (Å²) in [6.45, 7) is 10.7. The van der Waals surface area contributed by atoms with E-state index in [2.05, 4.69) is 29.4 Å². The van der Waals surface area contributed by atoms with Crippen molar-refractivity contribution >= 4 is 18.0 Å². The Hall–Kier alpha value is -2.64. The van der Waals surface area contributed by atoms with Gasteiger partial charge in [-0.1, -0.05) is 0 Å². The monoisotopic (exact) mass is 481 g/mol. The molecule has 4 rings (SSSR count). The molecular formula is C21H35N7O6. The maximum atomic E-state index is 12.3. The molecule has 190 valence electrons. The van der Waals surface area contributed by atoms with Crippen molar-refractivity contribution in [2.24, 2.45) is 0 Å². The van der Waals surface area contributed by atoms with Crippen LogP contribution in [0.5, 0.6) is 0 Å². The average Bonchev–Trinajstić information content (AvgIpc) is 3.40. The number of carboxylic acid groups (broad SMARTS) is 1. The van der Waals surface area contributed by atoms with E-state index in [-0.39, 0.29) is 18.6 Å². The number of rotatable bonds is 11. The molecular weight excluding hydrogens is 446 g/mol. The Labute approximate surface area is 198 Å². The summed E-state index contributed by atoms with van der Waals surface area (Å²) in [5.74, 6) is -0.797. The molecule has 13 nitrogen and oxygen atoms in total. The number of carbonyl (C=O) groups is 2. The first kappa shape index (κ1) is 24.5. The van der Waals surface area contributed by atoms with Gasteiger partial charge in [0.05, 0.1) is 6.54 Å². The molecule has 2 N–H and O–H groups in total. The molecule has 0 bridgehead atoms. The molecule has 3 aliphatic heterocycles. The van der Waals surface area contributed by atoms with Gasteiger partial charge in [-0.25, -0.2) is 9.59 Å². The molecule has 0 spiro atoms. The number of aromatic nitrogens is 2. The Morgan fingerprint density at radius 2 is 1.59 bits per heavy atom. The van der Waals surface area contributed by atoms with Gasteiger partial charge in [0.1, 0.15) is 6.10 Å². The van der Waals surface area contributed by atoms with Crippen molar-refractivity contribution in [3.8, 4) is 0 Å². The Balaban J connectivity index is 1.08. The number of H-pyrrole nitrogens is 1. The van der Waals surface area contributed by atoms with Gasteiger partial charge in [0.2, 0.25) is 5.95 Å². The fourth-order valence-electron chi connectivity index (χ4n) is 4.82. The van der Waals surface area contributed by atoms with E-state index in [1.54, 1.807) is 0 Å². The van der Waals surface area contributed by atoms with E-state index in [1.165, 1.54) is 0 Å². The number of hydrogen-bond donors (Lipinski definition) is 2. The van der Waals surface area contributed by atoms with E-state index in [0.717, 1.165) is 78.4 Å². The number of piperazine rings is 2. The van der Waals surface area contributed by atoms with Crippen molar-refractivity contribution in [2.75, 3.05) is 90.0 Å². The topological polar surface area (TPSA) is 139 Å². The number of nitrogens with one attached hydrogen (secondary N) is 1. The van der Waals surface area contributed by atoms with Crippen LogP contribution in [0.4, 0.5) is 10.7 Å². The summed E-state index contributed by atoms with van der Waals surface area (Å²) < 4.78 is 10.2. The number of anilines is 1. The zero-order valence-electron chi connectivity index (χ0n) is 19.6. The second kappa shape index (κ2) is 11.7. The number of hydrogen-bond acceptors (Lipinski definition) is 10. The highest BCUT2D eigenvalue weighted by molar-refractivity contribution is 5.69. The number of ether oxygens (including phenoxy) is 1. The van der Waals surface area contributed by atoms with Crippen molar-refractivity contribution in [3.63, 3.8) is 0 Å². The van der Waals surface area contributed by atoms with E-state index in [4.69, 9.17) is 9.84 Å². The molecule has 3 aliphatic rings. The van der Waals surface area contributed by atoms with Crippen LogP contribution in [-0.2, 0) is 9.53 Å². The second-order valence-corrected chi connectivity index (χ2v) is 9.19. The number of amides is 1. The summed E-state index contributed by atoms with van der Waals surface area (Å²) in [5, 5.41) is 12.5. The van der Waals surface area contributed by atoms with Gasteiger partial charge in [-0.2, -0.15) is 0 Å².